The van der Waals surface area contributed by atoms with Gasteiger partial charge in [0.1, 0.15) is 12.4 Å². The monoisotopic (exact) mass is 342 g/mol. The second-order valence-corrected chi connectivity index (χ2v) is 6.43. The van der Waals surface area contributed by atoms with Gasteiger partial charge in [-0.15, -0.1) is 10.2 Å². The molecule has 0 saturated carbocycles. The van der Waals surface area contributed by atoms with E-state index >= 15 is 0 Å². The summed E-state index contributed by atoms with van der Waals surface area (Å²) in [5.74, 6) is 2.67. The average molecular weight is 342 g/mol. The lowest BCUT2D eigenvalue weighted by atomic mass is 10.1. The lowest BCUT2D eigenvalue weighted by molar-refractivity contribution is 0.471. The van der Waals surface area contributed by atoms with Crippen molar-refractivity contribution in [2.24, 2.45) is 12.0 Å². The van der Waals surface area contributed by atoms with E-state index in [0.717, 1.165) is 43.5 Å². The molecule has 0 aliphatic carbocycles. The molecule has 2 aromatic rings. The minimum Gasteiger partial charge on any atom is -0.356 e. The second-order valence-electron chi connectivity index (χ2n) is 6.43. The van der Waals surface area contributed by atoms with Crippen LogP contribution in [0.3, 0.4) is 0 Å². The van der Waals surface area contributed by atoms with Gasteiger partial charge in [-0.3, -0.25) is 0 Å². The molecule has 2 rings (SSSR count). The first kappa shape index (κ1) is 19.0. The zero-order valence-corrected chi connectivity index (χ0v) is 16.1. The Morgan fingerprint density at radius 1 is 1.24 bits per heavy atom. The van der Waals surface area contributed by atoms with Gasteiger partial charge in [0.25, 0.3) is 0 Å². The fraction of sp³-hybridized carbons (Fsp3) is 0.526. The van der Waals surface area contributed by atoms with Crippen molar-refractivity contribution in [2.75, 3.05) is 13.6 Å². The number of aromatic nitrogens is 3. The van der Waals surface area contributed by atoms with E-state index in [4.69, 9.17) is 4.99 Å². The van der Waals surface area contributed by atoms with Gasteiger partial charge in [-0.05, 0) is 31.4 Å². The van der Waals surface area contributed by atoms with Crippen molar-refractivity contribution in [1.29, 1.82) is 0 Å². The number of guanidine groups is 1. The summed E-state index contributed by atoms with van der Waals surface area (Å²) in [4.78, 5) is 6.94. The van der Waals surface area contributed by atoms with Crippen molar-refractivity contribution < 1.29 is 0 Å². The molecule has 0 fully saturated rings. The fourth-order valence-corrected chi connectivity index (χ4v) is 2.54. The van der Waals surface area contributed by atoms with Crippen LogP contribution >= 0.6 is 0 Å². The van der Waals surface area contributed by atoms with Crippen molar-refractivity contribution in [3.63, 3.8) is 0 Å². The van der Waals surface area contributed by atoms with Crippen LogP contribution in [-0.4, -0.2) is 39.2 Å². The molecule has 0 unspecified atom stereocenters. The predicted molar refractivity (Wildman–Crippen MR) is 102 cm³/mol. The van der Waals surface area contributed by atoms with E-state index in [1.807, 2.05) is 18.5 Å². The number of nitrogens with zero attached hydrogens (tertiary/aromatic N) is 5. The first-order chi connectivity index (χ1) is 12.0. The summed E-state index contributed by atoms with van der Waals surface area (Å²) >= 11 is 0. The van der Waals surface area contributed by atoms with E-state index in [0.29, 0.717) is 6.54 Å². The van der Waals surface area contributed by atoms with Crippen LogP contribution in [0, 0.1) is 13.8 Å². The molecule has 0 spiro atoms. The number of aryl methyl sites for hydroxylation is 2. The Labute approximate surface area is 151 Å². The van der Waals surface area contributed by atoms with Crippen LogP contribution in [0.2, 0.25) is 0 Å². The Bertz CT molecular complexity index is 704. The van der Waals surface area contributed by atoms with E-state index in [1.54, 1.807) is 0 Å². The number of unbranched alkanes of at least 4 members (excludes halogenated alkanes) is 1. The molecule has 6 nitrogen and oxygen atoms in total. The van der Waals surface area contributed by atoms with Gasteiger partial charge in [0, 0.05) is 27.2 Å². The van der Waals surface area contributed by atoms with Crippen LogP contribution in [0.25, 0.3) is 0 Å². The topological polar surface area (TPSA) is 58.3 Å². The molecule has 1 aromatic carbocycles. The van der Waals surface area contributed by atoms with Gasteiger partial charge < -0.3 is 14.8 Å². The highest BCUT2D eigenvalue weighted by molar-refractivity contribution is 5.79. The highest BCUT2D eigenvalue weighted by atomic mass is 15.3. The third-order valence-electron chi connectivity index (χ3n) is 4.40. The molecule has 1 heterocycles. The molecule has 0 amide bonds. The molecule has 0 aliphatic heterocycles. The minimum atomic E-state index is 0.518. The Morgan fingerprint density at radius 3 is 2.64 bits per heavy atom. The summed E-state index contributed by atoms with van der Waals surface area (Å²) in [6.07, 6.45) is 2.28. The molecular weight excluding hydrogens is 312 g/mol. The van der Waals surface area contributed by atoms with Crippen molar-refractivity contribution in [3.8, 4) is 0 Å². The smallest absolute Gasteiger partial charge is 0.194 e. The summed E-state index contributed by atoms with van der Waals surface area (Å²) in [5, 5.41) is 11.8. The summed E-state index contributed by atoms with van der Waals surface area (Å²) in [6.45, 7) is 8.55. The van der Waals surface area contributed by atoms with Gasteiger partial charge in [-0.1, -0.05) is 37.6 Å². The van der Waals surface area contributed by atoms with Gasteiger partial charge in [-0.2, -0.15) is 0 Å². The maximum absolute atomic E-state index is 4.77. The Morgan fingerprint density at radius 2 is 2.00 bits per heavy atom. The molecule has 6 heteroatoms. The van der Waals surface area contributed by atoms with E-state index < -0.39 is 0 Å². The molecule has 0 bridgehead atoms. The van der Waals surface area contributed by atoms with E-state index in [1.165, 1.54) is 11.1 Å². The highest BCUT2D eigenvalue weighted by Gasteiger charge is 2.10. The van der Waals surface area contributed by atoms with Crippen LogP contribution in [-0.2, 0) is 20.1 Å². The first-order valence-electron chi connectivity index (χ1n) is 8.91. The van der Waals surface area contributed by atoms with Crippen LogP contribution in [0.4, 0.5) is 0 Å². The zero-order valence-electron chi connectivity index (χ0n) is 16.1. The number of nitrogens with one attached hydrogen (secondary N) is 1. The van der Waals surface area contributed by atoms with Crippen LogP contribution in [0.1, 0.15) is 42.5 Å². The second kappa shape index (κ2) is 9.20. The maximum Gasteiger partial charge on any atom is 0.194 e. The van der Waals surface area contributed by atoms with Gasteiger partial charge in [0.15, 0.2) is 11.8 Å². The number of benzene rings is 1. The lowest BCUT2D eigenvalue weighted by Crippen LogP contribution is -2.39. The summed E-state index contributed by atoms with van der Waals surface area (Å²) in [7, 11) is 4.05. The summed E-state index contributed by atoms with van der Waals surface area (Å²) in [6, 6.07) is 8.47. The number of aliphatic imine (C=N–C) groups is 1. The van der Waals surface area contributed by atoms with Gasteiger partial charge in [-0.25, -0.2) is 4.99 Å². The largest absolute Gasteiger partial charge is 0.356 e. The van der Waals surface area contributed by atoms with Gasteiger partial charge >= 0.3 is 0 Å². The third-order valence-corrected chi connectivity index (χ3v) is 4.40. The quantitative estimate of drug-likeness (QED) is 0.477. The molecule has 136 valence electrons. The lowest BCUT2D eigenvalue weighted by Gasteiger charge is -2.23. The average Bonchev–Trinajstić information content (AvgIpc) is 2.92. The van der Waals surface area contributed by atoms with Crippen LogP contribution in [0.15, 0.2) is 29.3 Å². The molecule has 0 saturated heterocycles. The van der Waals surface area contributed by atoms with E-state index in [9.17, 15) is 0 Å². The number of rotatable bonds is 7. The molecule has 25 heavy (non-hydrogen) atoms. The molecule has 1 aromatic heterocycles. The van der Waals surface area contributed by atoms with E-state index in [2.05, 4.69) is 65.6 Å². The normalized spacial score (nSPS) is 11.6. The van der Waals surface area contributed by atoms with Gasteiger partial charge in [0.05, 0.1) is 0 Å². The highest BCUT2D eigenvalue weighted by Crippen LogP contribution is 2.10. The minimum absolute atomic E-state index is 0.518. The third kappa shape index (κ3) is 5.31. The standard InChI is InChI=1S/C19H30N6/c1-6-7-12-20-19(21-13-18-23-22-16(3)25(18)5)24(4)14-17-11-9-8-10-15(17)2/h8-11H,6-7,12-14H2,1-5H3,(H,20,21). The Balaban J connectivity index is 2.11. The van der Waals surface area contributed by atoms with Gasteiger partial charge in [0.2, 0.25) is 0 Å². The zero-order chi connectivity index (χ0) is 18.2. The molecule has 0 radical (unpaired) electrons. The SMILES string of the molecule is CCCCNC(=NCc1nnc(C)n1C)N(C)Cc1ccccc1C. The van der Waals surface area contributed by atoms with E-state index in [-0.39, 0.29) is 0 Å². The summed E-state index contributed by atoms with van der Waals surface area (Å²) in [5.41, 5.74) is 2.61. The molecule has 0 aliphatic rings. The molecule has 0 atom stereocenters. The molecular formula is C19H30N6. The molecule has 1 N–H and O–H groups in total. The number of hydrogen-bond acceptors (Lipinski definition) is 3. The Hall–Kier alpha value is -2.37. The first-order valence-corrected chi connectivity index (χ1v) is 8.91. The van der Waals surface area contributed by atoms with Crippen molar-refractivity contribution in [1.82, 2.24) is 25.0 Å². The van der Waals surface area contributed by atoms with Crippen LogP contribution < -0.4 is 5.32 Å². The Kier molecular flexibility index (Phi) is 6.98. The fourth-order valence-electron chi connectivity index (χ4n) is 2.54. The van der Waals surface area contributed by atoms with Crippen LogP contribution in [0.5, 0.6) is 0 Å². The van der Waals surface area contributed by atoms with Crippen molar-refractivity contribution in [3.05, 3.63) is 47.0 Å². The van der Waals surface area contributed by atoms with Crippen molar-refractivity contribution in [2.45, 2.75) is 46.7 Å². The van der Waals surface area contributed by atoms with Crippen molar-refractivity contribution >= 4 is 5.96 Å². The number of hydrogen-bond donors (Lipinski definition) is 1. The summed E-state index contributed by atoms with van der Waals surface area (Å²) < 4.78 is 1.98. The maximum atomic E-state index is 4.77. The predicted octanol–water partition coefficient (Wildman–Crippen LogP) is 2.81.